The number of nitrogens with one attached hydrogen (secondary N) is 1. The number of piperidine rings is 1. The number of hydrogen-bond acceptors (Lipinski definition) is 2. The number of hydrogen-bond donors (Lipinski definition) is 1. The van der Waals surface area contributed by atoms with E-state index in [1.165, 1.54) is 45.3 Å². The zero-order valence-electron chi connectivity index (χ0n) is 21.5. The molecular formula is C28H46N2OW. The first-order valence-electron chi connectivity index (χ1n) is 12.2. The second-order valence-corrected chi connectivity index (χ2v) is 6.20. The van der Waals surface area contributed by atoms with Crippen molar-refractivity contribution in [2.75, 3.05) is 25.0 Å². The number of amides is 1. The van der Waals surface area contributed by atoms with Gasteiger partial charge in [0, 0.05) is 0 Å². The predicted molar refractivity (Wildman–Crippen MR) is 140 cm³/mol. The largest absolute Gasteiger partial charge is 2.00 e. The van der Waals surface area contributed by atoms with Crippen LogP contribution >= 0.6 is 0 Å². The molecule has 4 heteroatoms. The third-order valence-corrected chi connectivity index (χ3v) is 4.32. The topological polar surface area (TPSA) is 32.3 Å². The van der Waals surface area contributed by atoms with Crippen LogP contribution in [0.3, 0.4) is 0 Å². The average molecular weight is 611 g/mol. The molecule has 0 bridgehead atoms. The Balaban J connectivity index is -0.000000434. The number of benzene rings is 2. The molecule has 1 saturated heterocycles. The van der Waals surface area contributed by atoms with Gasteiger partial charge in [-0.2, -0.15) is 12.8 Å². The maximum atomic E-state index is 10.3. The average Bonchev–Trinajstić information content (AvgIpc) is 2.88. The number of unbranched alkanes of at least 4 members (excludes halogenated alkanes) is 1. The summed E-state index contributed by atoms with van der Waals surface area (Å²) in [5.74, 6) is 0. The molecule has 0 aromatic heterocycles. The van der Waals surface area contributed by atoms with Crippen LogP contribution < -0.4 is 5.32 Å². The van der Waals surface area contributed by atoms with Gasteiger partial charge in [0.05, 0.1) is 6.41 Å². The summed E-state index contributed by atoms with van der Waals surface area (Å²) < 4.78 is 0. The predicted octanol–water partition coefficient (Wildman–Crippen LogP) is 8.00. The quantitative estimate of drug-likeness (QED) is 0.266. The van der Waals surface area contributed by atoms with Gasteiger partial charge < -0.3 is 21.4 Å². The van der Waals surface area contributed by atoms with Crippen LogP contribution in [0.25, 0.3) is 11.1 Å². The van der Waals surface area contributed by atoms with Gasteiger partial charge in [-0.05, 0) is 31.6 Å². The van der Waals surface area contributed by atoms with Crippen molar-refractivity contribution in [2.24, 2.45) is 0 Å². The van der Waals surface area contributed by atoms with Crippen molar-refractivity contribution < 1.29 is 25.9 Å². The van der Waals surface area contributed by atoms with Gasteiger partial charge in [-0.15, -0.1) is 11.8 Å². The molecule has 3 nitrogen and oxygen atoms in total. The van der Waals surface area contributed by atoms with Crippen molar-refractivity contribution >= 4 is 12.1 Å². The summed E-state index contributed by atoms with van der Waals surface area (Å²) in [4.78, 5) is 12.9. The first-order chi connectivity index (χ1) is 15.3. The van der Waals surface area contributed by atoms with E-state index < -0.39 is 0 Å². The van der Waals surface area contributed by atoms with E-state index in [0.29, 0.717) is 0 Å². The summed E-state index contributed by atoms with van der Waals surface area (Å²) in [5, 5.41) is 2.57. The van der Waals surface area contributed by atoms with Gasteiger partial charge in [0.15, 0.2) is 0 Å². The van der Waals surface area contributed by atoms with E-state index in [9.17, 15) is 4.79 Å². The summed E-state index contributed by atoms with van der Waals surface area (Å²) in [7, 11) is 0. The minimum atomic E-state index is 0. The van der Waals surface area contributed by atoms with Gasteiger partial charge in [0.2, 0.25) is 0 Å². The zero-order valence-corrected chi connectivity index (χ0v) is 24.4. The van der Waals surface area contributed by atoms with Crippen LogP contribution in [0, 0.1) is 6.42 Å². The number of para-hydroxylation sites is 1. The molecule has 0 aliphatic carbocycles. The molecule has 3 rings (SSSR count). The van der Waals surface area contributed by atoms with Crippen LogP contribution in [0.15, 0.2) is 54.6 Å². The molecule has 0 saturated carbocycles. The SMILES string of the molecule is CC.CC.CC.CCCCN1CC[CH-]CC1.O=[C-]Nc1ccccc1-c1ccccc1.[W+2]. The van der Waals surface area contributed by atoms with Crippen molar-refractivity contribution in [1.29, 1.82) is 0 Å². The van der Waals surface area contributed by atoms with E-state index in [2.05, 4.69) is 23.6 Å². The summed E-state index contributed by atoms with van der Waals surface area (Å²) in [6, 6.07) is 17.6. The van der Waals surface area contributed by atoms with Crippen LogP contribution in [0.5, 0.6) is 0 Å². The van der Waals surface area contributed by atoms with Crippen LogP contribution in [0.4, 0.5) is 5.69 Å². The van der Waals surface area contributed by atoms with E-state index in [4.69, 9.17) is 0 Å². The van der Waals surface area contributed by atoms with Gasteiger partial charge in [-0.3, -0.25) is 0 Å². The molecule has 2 aromatic carbocycles. The van der Waals surface area contributed by atoms with Crippen molar-refractivity contribution in [3.63, 3.8) is 0 Å². The fourth-order valence-corrected chi connectivity index (χ4v) is 2.93. The Hall–Kier alpha value is -1.44. The van der Waals surface area contributed by atoms with Crippen LogP contribution in [-0.4, -0.2) is 30.9 Å². The smallest absolute Gasteiger partial charge is 0.490 e. The molecule has 32 heavy (non-hydrogen) atoms. The van der Waals surface area contributed by atoms with E-state index in [1.807, 2.05) is 96.1 Å². The van der Waals surface area contributed by atoms with E-state index >= 15 is 0 Å². The summed E-state index contributed by atoms with van der Waals surface area (Å²) in [5.41, 5.74) is 2.86. The molecule has 1 aliphatic heterocycles. The molecule has 0 spiro atoms. The summed E-state index contributed by atoms with van der Waals surface area (Å²) in [6.45, 7) is 18.2. The second-order valence-electron chi connectivity index (χ2n) is 6.20. The standard InChI is InChI=1S/C13H10NO.C9H18N.3C2H6.W/c15-10-14-13-9-5-4-8-12(13)11-6-2-1-3-7-11;1-2-3-7-10-8-5-4-6-9-10;3*1-2;/h1-9H,(H,14,15);4H,2-3,5-9H2,1H3;3*1-2H3;/q2*-1;;;;+2. The second kappa shape index (κ2) is 27.6. The van der Waals surface area contributed by atoms with Crippen LogP contribution in [0.2, 0.25) is 0 Å². The molecule has 1 aliphatic rings. The molecule has 0 atom stereocenters. The Kier molecular flexibility index (Phi) is 30.3. The third kappa shape index (κ3) is 16.2. The fraction of sp³-hybridized carbons (Fsp3) is 0.500. The Morgan fingerprint density at radius 1 is 0.875 bits per heavy atom. The molecule has 1 heterocycles. The first-order valence-corrected chi connectivity index (χ1v) is 12.2. The van der Waals surface area contributed by atoms with Gasteiger partial charge in [0.25, 0.3) is 0 Å². The Labute approximate surface area is 213 Å². The molecule has 1 amide bonds. The normalized spacial score (nSPS) is 11.7. The maximum absolute atomic E-state index is 10.3. The summed E-state index contributed by atoms with van der Waals surface area (Å²) in [6.07, 6.45) is 9.43. The van der Waals surface area contributed by atoms with Crippen molar-refractivity contribution in [3.8, 4) is 11.1 Å². The minimum Gasteiger partial charge on any atom is -0.490 e. The molecule has 0 unspecified atom stereocenters. The zero-order chi connectivity index (χ0) is 23.7. The van der Waals surface area contributed by atoms with Gasteiger partial charge in [-0.25, -0.2) is 0 Å². The molecule has 1 N–H and O–H groups in total. The number of anilines is 1. The van der Waals surface area contributed by atoms with E-state index in [0.717, 1.165) is 16.8 Å². The Bertz CT molecular complexity index is 614. The molecule has 2 aromatic rings. The van der Waals surface area contributed by atoms with Crippen LogP contribution in [-0.2, 0) is 25.9 Å². The monoisotopic (exact) mass is 610 g/mol. The molecule has 1 fully saturated rings. The van der Waals surface area contributed by atoms with Gasteiger partial charge in [-0.1, -0.05) is 109 Å². The number of rotatable bonds is 6. The van der Waals surface area contributed by atoms with E-state index in [1.54, 1.807) is 6.41 Å². The molecule has 180 valence electrons. The Morgan fingerprint density at radius 2 is 1.41 bits per heavy atom. The summed E-state index contributed by atoms with van der Waals surface area (Å²) >= 11 is 0. The fourth-order valence-electron chi connectivity index (χ4n) is 2.93. The van der Waals surface area contributed by atoms with Crippen molar-refractivity contribution in [2.45, 2.75) is 74.1 Å². The Morgan fingerprint density at radius 3 is 1.94 bits per heavy atom. The third-order valence-electron chi connectivity index (χ3n) is 4.32. The van der Waals surface area contributed by atoms with E-state index in [-0.39, 0.29) is 21.1 Å². The van der Waals surface area contributed by atoms with Crippen molar-refractivity contribution in [3.05, 3.63) is 61.0 Å². The number of carbonyl (C=O) groups excluding carboxylic acids is 1. The minimum absolute atomic E-state index is 0. The first kappa shape index (κ1) is 35.2. The molecule has 0 radical (unpaired) electrons. The van der Waals surface area contributed by atoms with Gasteiger partial charge >= 0.3 is 21.1 Å². The van der Waals surface area contributed by atoms with Crippen molar-refractivity contribution in [1.82, 2.24) is 4.90 Å². The maximum Gasteiger partial charge on any atom is 2.00 e. The number of nitrogens with zero attached hydrogens (tertiary/aromatic N) is 1. The van der Waals surface area contributed by atoms with Gasteiger partial charge in [0.1, 0.15) is 0 Å². The van der Waals surface area contributed by atoms with Crippen LogP contribution in [0.1, 0.15) is 74.1 Å². The molecular weight excluding hydrogens is 564 g/mol. The number of likely N-dealkylation sites (tertiary alicyclic amines) is 1.